The number of nitrogens with zero attached hydrogens (tertiary/aromatic N) is 4. The molecule has 0 amide bonds. The summed E-state index contributed by atoms with van der Waals surface area (Å²) >= 11 is 0. The zero-order valence-corrected chi connectivity index (χ0v) is 15.7. The van der Waals surface area contributed by atoms with Gasteiger partial charge < -0.3 is 20.3 Å². The lowest BCUT2D eigenvalue weighted by molar-refractivity contribution is 0.294. The molecular weight excluding hydrogens is 342 g/mol. The Labute approximate surface area is 159 Å². The fourth-order valence-electron chi connectivity index (χ4n) is 4.23. The van der Waals surface area contributed by atoms with Crippen molar-refractivity contribution in [2.75, 3.05) is 16.4 Å². The summed E-state index contributed by atoms with van der Waals surface area (Å²) in [6.45, 7) is 2.61. The second-order valence-electron chi connectivity index (χ2n) is 7.27. The first-order valence-electron chi connectivity index (χ1n) is 9.70. The van der Waals surface area contributed by atoms with Crippen LogP contribution in [0.15, 0.2) is 36.5 Å². The van der Waals surface area contributed by atoms with E-state index in [1.54, 1.807) is 6.20 Å². The maximum Gasteiger partial charge on any atom is 0.180 e. The number of aromatic nitrogens is 2. The van der Waals surface area contributed by atoms with Crippen LogP contribution in [-0.2, 0) is 0 Å². The molecule has 0 radical (unpaired) electrons. The number of anilines is 2. The molecule has 2 atom stereocenters. The summed E-state index contributed by atoms with van der Waals surface area (Å²) in [7, 11) is 0. The third kappa shape index (κ3) is 3.24. The molecule has 0 saturated heterocycles. The van der Waals surface area contributed by atoms with Gasteiger partial charge in [-0.15, -0.1) is 0 Å². The first-order valence-corrected chi connectivity index (χ1v) is 9.70. The van der Waals surface area contributed by atoms with Crippen molar-refractivity contribution in [3.05, 3.63) is 36.5 Å². The predicted octanol–water partition coefficient (Wildman–Crippen LogP) is 1.54. The molecule has 2 aromatic rings. The minimum Gasteiger partial charge on any atom is -0.494 e. The van der Waals surface area contributed by atoms with Crippen molar-refractivity contribution >= 4 is 11.5 Å². The van der Waals surface area contributed by atoms with Gasteiger partial charge in [0.05, 0.1) is 12.8 Å². The smallest absolute Gasteiger partial charge is 0.180 e. The number of fused-ring (bicyclic) bond motifs is 1. The van der Waals surface area contributed by atoms with Gasteiger partial charge in [0.15, 0.2) is 12.6 Å². The lowest BCUT2D eigenvalue weighted by Gasteiger charge is -2.51. The lowest BCUT2D eigenvalue weighted by Crippen LogP contribution is -2.66. The van der Waals surface area contributed by atoms with Crippen LogP contribution < -0.4 is 31.7 Å². The molecule has 1 fully saturated rings. The average molecular weight is 371 g/mol. The van der Waals surface area contributed by atoms with Gasteiger partial charge >= 0.3 is 0 Å². The van der Waals surface area contributed by atoms with Crippen LogP contribution in [0, 0.1) is 0 Å². The molecular formula is C19H29N7O. The van der Waals surface area contributed by atoms with Crippen LogP contribution >= 0.6 is 0 Å². The highest BCUT2D eigenvalue weighted by Gasteiger charge is 2.40. The molecule has 8 nitrogen and oxygen atoms in total. The van der Waals surface area contributed by atoms with Crippen LogP contribution in [0.3, 0.4) is 0 Å². The maximum absolute atomic E-state index is 6.75. The highest BCUT2D eigenvalue weighted by atomic mass is 16.5. The van der Waals surface area contributed by atoms with Gasteiger partial charge in [0.1, 0.15) is 11.6 Å². The van der Waals surface area contributed by atoms with E-state index in [4.69, 9.17) is 21.9 Å². The fraction of sp³-hybridized carbons (Fsp3) is 0.526. The van der Waals surface area contributed by atoms with Crippen molar-refractivity contribution in [2.45, 2.75) is 57.3 Å². The molecule has 2 unspecified atom stereocenters. The molecule has 1 aromatic carbocycles. The maximum atomic E-state index is 6.75. The Hall–Kier alpha value is -2.29. The monoisotopic (exact) mass is 371 g/mol. The van der Waals surface area contributed by atoms with Crippen molar-refractivity contribution in [1.29, 1.82) is 0 Å². The summed E-state index contributed by atoms with van der Waals surface area (Å²) in [5, 5.41) is 4.46. The van der Waals surface area contributed by atoms with Crippen LogP contribution in [0.1, 0.15) is 38.9 Å². The van der Waals surface area contributed by atoms with Gasteiger partial charge in [-0.25, -0.2) is 4.68 Å². The molecule has 4 rings (SSSR count). The summed E-state index contributed by atoms with van der Waals surface area (Å²) in [5.74, 6) is 1.80. The number of rotatable bonds is 4. The number of hydrogen-bond acceptors (Lipinski definition) is 7. The average Bonchev–Trinajstić information content (AvgIpc) is 3.15. The molecule has 6 N–H and O–H groups in total. The number of nitrogens with two attached hydrogens (primary N) is 3. The molecule has 1 aliphatic heterocycles. The van der Waals surface area contributed by atoms with Crippen molar-refractivity contribution in [1.82, 2.24) is 9.78 Å². The van der Waals surface area contributed by atoms with Crippen LogP contribution in [0.25, 0.3) is 0 Å². The SMILES string of the molecule is CCOc1ccc(N2C(N)N(C3CCC(N)CC3)c3ccnn3C2N)cc1. The number of ether oxygens (including phenoxy) is 1. The summed E-state index contributed by atoms with van der Waals surface area (Å²) < 4.78 is 7.39. The minimum atomic E-state index is -0.468. The van der Waals surface area contributed by atoms with Crippen LogP contribution in [-0.4, -0.2) is 34.8 Å². The Bertz CT molecular complexity index is 754. The van der Waals surface area contributed by atoms with Crippen molar-refractivity contribution < 1.29 is 4.74 Å². The standard InChI is InChI=1S/C19H29N7O/c1-2-27-16-9-7-15(8-10-16)25-18(21)24(14-5-3-13(20)4-6-14)17-11-12-23-26(17)19(25)22/h7-14,18-19H,2-6,20-22H2,1H3. The van der Waals surface area contributed by atoms with E-state index in [2.05, 4.69) is 10.00 Å². The van der Waals surface area contributed by atoms with E-state index >= 15 is 0 Å². The Morgan fingerprint density at radius 3 is 2.33 bits per heavy atom. The fourth-order valence-corrected chi connectivity index (χ4v) is 4.23. The molecule has 27 heavy (non-hydrogen) atoms. The van der Waals surface area contributed by atoms with E-state index in [1.807, 2.05) is 46.8 Å². The van der Waals surface area contributed by atoms with Gasteiger partial charge in [-0.2, -0.15) is 5.10 Å². The minimum absolute atomic E-state index is 0.289. The van der Waals surface area contributed by atoms with Gasteiger partial charge in [0.2, 0.25) is 0 Å². The Balaban J connectivity index is 1.66. The quantitative estimate of drug-likeness (QED) is 0.747. The van der Waals surface area contributed by atoms with Gasteiger partial charge in [0, 0.05) is 23.8 Å². The number of hydrogen-bond donors (Lipinski definition) is 3. The molecule has 0 bridgehead atoms. The second kappa shape index (κ2) is 7.38. The molecule has 8 heteroatoms. The van der Waals surface area contributed by atoms with Crippen molar-refractivity contribution in [3.63, 3.8) is 0 Å². The first-order chi connectivity index (χ1) is 13.1. The third-order valence-corrected chi connectivity index (χ3v) is 5.60. The van der Waals surface area contributed by atoms with Crippen LogP contribution in [0.2, 0.25) is 0 Å². The Kier molecular flexibility index (Phi) is 4.94. The third-order valence-electron chi connectivity index (χ3n) is 5.60. The molecule has 2 heterocycles. The molecule has 0 spiro atoms. The van der Waals surface area contributed by atoms with Crippen molar-refractivity contribution in [2.24, 2.45) is 17.2 Å². The zero-order valence-electron chi connectivity index (χ0n) is 15.7. The van der Waals surface area contributed by atoms with E-state index in [1.165, 1.54) is 0 Å². The topological polar surface area (TPSA) is 112 Å². The molecule has 146 valence electrons. The molecule has 1 aromatic heterocycles. The largest absolute Gasteiger partial charge is 0.494 e. The van der Waals surface area contributed by atoms with E-state index in [-0.39, 0.29) is 12.3 Å². The van der Waals surface area contributed by atoms with Gasteiger partial charge in [-0.05, 0) is 56.9 Å². The van der Waals surface area contributed by atoms with Crippen LogP contribution in [0.5, 0.6) is 5.75 Å². The van der Waals surface area contributed by atoms with Gasteiger partial charge in [0.25, 0.3) is 0 Å². The summed E-state index contributed by atoms with van der Waals surface area (Å²) in [5.41, 5.74) is 20.3. The molecule has 1 aliphatic carbocycles. The Morgan fingerprint density at radius 2 is 1.67 bits per heavy atom. The second-order valence-corrected chi connectivity index (χ2v) is 7.27. The summed E-state index contributed by atoms with van der Waals surface area (Å²) in [4.78, 5) is 4.25. The van der Waals surface area contributed by atoms with Crippen LogP contribution in [0.4, 0.5) is 11.5 Å². The highest BCUT2D eigenvalue weighted by molar-refractivity contribution is 5.56. The lowest BCUT2D eigenvalue weighted by atomic mass is 9.90. The van der Waals surface area contributed by atoms with Gasteiger partial charge in [-0.1, -0.05) is 0 Å². The summed E-state index contributed by atoms with van der Waals surface area (Å²) in [6, 6.07) is 10.5. The predicted molar refractivity (Wildman–Crippen MR) is 106 cm³/mol. The van der Waals surface area contributed by atoms with E-state index in [9.17, 15) is 0 Å². The summed E-state index contributed by atoms with van der Waals surface area (Å²) in [6.07, 6.45) is 5.00. The molecule has 2 aliphatic rings. The van der Waals surface area contributed by atoms with Crippen molar-refractivity contribution in [3.8, 4) is 5.75 Å². The highest BCUT2D eigenvalue weighted by Crippen LogP contribution is 2.36. The first kappa shape index (κ1) is 18.1. The van der Waals surface area contributed by atoms with E-state index in [0.717, 1.165) is 42.9 Å². The normalized spacial score (nSPS) is 28.1. The molecule has 1 saturated carbocycles. The van der Waals surface area contributed by atoms with E-state index < -0.39 is 6.29 Å². The van der Waals surface area contributed by atoms with Gasteiger partial charge in [-0.3, -0.25) is 11.5 Å². The zero-order chi connectivity index (χ0) is 19.0. The Morgan fingerprint density at radius 1 is 0.963 bits per heavy atom. The number of benzene rings is 1. The van der Waals surface area contributed by atoms with E-state index in [0.29, 0.717) is 12.6 Å².